The van der Waals surface area contributed by atoms with Gasteiger partial charge in [-0.05, 0) is 96.4 Å². The van der Waals surface area contributed by atoms with Crippen LogP contribution in [0, 0.1) is 11.3 Å². The number of piperidine rings is 1. The summed E-state index contributed by atoms with van der Waals surface area (Å²) in [5, 5.41) is 6.23. The van der Waals surface area contributed by atoms with Gasteiger partial charge in [0.1, 0.15) is 12.1 Å². The van der Waals surface area contributed by atoms with Gasteiger partial charge in [0.05, 0.1) is 12.1 Å². The van der Waals surface area contributed by atoms with Crippen LogP contribution < -0.4 is 10.6 Å². The Kier molecular flexibility index (Phi) is 13.9. The molecule has 2 aliphatic heterocycles. The van der Waals surface area contributed by atoms with E-state index in [2.05, 4.69) is 35.5 Å². The van der Waals surface area contributed by atoms with Crippen LogP contribution in [0.15, 0.2) is 23.3 Å². The highest BCUT2D eigenvalue weighted by Crippen LogP contribution is 2.27. The Bertz CT molecular complexity index is 1140. The summed E-state index contributed by atoms with van der Waals surface area (Å²) >= 11 is 0. The molecule has 0 spiro atoms. The number of nitrogens with zero attached hydrogens (tertiary/aromatic N) is 3. The van der Waals surface area contributed by atoms with Crippen molar-refractivity contribution in [1.82, 2.24) is 25.3 Å². The maximum atomic E-state index is 14.1. The molecule has 3 rings (SSSR count). The lowest BCUT2D eigenvalue weighted by Gasteiger charge is -2.41. The van der Waals surface area contributed by atoms with E-state index in [4.69, 9.17) is 0 Å². The van der Waals surface area contributed by atoms with E-state index in [1.165, 1.54) is 18.4 Å². The number of hydrogen-bond acceptors (Lipinski definition) is 5. The molecule has 3 aliphatic rings. The lowest BCUT2D eigenvalue weighted by atomic mass is 9.84. The van der Waals surface area contributed by atoms with Gasteiger partial charge in [-0.1, -0.05) is 58.8 Å². The smallest absolute Gasteiger partial charge is 0.249 e. The summed E-state index contributed by atoms with van der Waals surface area (Å²) in [7, 11) is 1.76. The second kappa shape index (κ2) is 16.9. The molecule has 0 radical (unpaired) electrons. The number of likely N-dealkylation sites (tertiary alicyclic amines) is 2. The predicted molar refractivity (Wildman–Crippen MR) is 185 cm³/mol. The van der Waals surface area contributed by atoms with Crippen LogP contribution in [0.3, 0.4) is 0 Å². The zero-order valence-corrected chi connectivity index (χ0v) is 30.3. The second-order valence-electron chi connectivity index (χ2n) is 15.5. The molecule has 9 nitrogen and oxygen atoms in total. The molecule has 46 heavy (non-hydrogen) atoms. The summed E-state index contributed by atoms with van der Waals surface area (Å²) in [5.74, 6) is -0.484. The van der Waals surface area contributed by atoms with E-state index in [1.807, 2.05) is 40.7 Å². The number of nitrogens with one attached hydrogen (secondary N) is 2. The van der Waals surface area contributed by atoms with Gasteiger partial charge in [-0.2, -0.15) is 0 Å². The average molecular weight is 642 g/mol. The lowest BCUT2D eigenvalue weighted by molar-refractivity contribution is -0.142. The first-order valence-corrected chi connectivity index (χ1v) is 17.9. The first-order chi connectivity index (χ1) is 21.6. The summed E-state index contributed by atoms with van der Waals surface area (Å²) in [6.45, 7) is 18.0. The molecule has 2 fully saturated rings. The first kappa shape index (κ1) is 37.8. The van der Waals surface area contributed by atoms with E-state index in [0.29, 0.717) is 25.1 Å². The molecule has 0 aromatic heterocycles. The van der Waals surface area contributed by atoms with Gasteiger partial charge in [-0.25, -0.2) is 0 Å². The van der Waals surface area contributed by atoms with E-state index in [0.717, 1.165) is 51.5 Å². The molecular formula is C37H63N5O4. The van der Waals surface area contributed by atoms with E-state index >= 15 is 0 Å². The second-order valence-corrected chi connectivity index (χ2v) is 15.5. The summed E-state index contributed by atoms with van der Waals surface area (Å²) in [5.41, 5.74) is 1.43. The zero-order valence-electron chi connectivity index (χ0n) is 30.3. The van der Waals surface area contributed by atoms with Gasteiger partial charge in [0.2, 0.25) is 23.6 Å². The van der Waals surface area contributed by atoms with Crippen molar-refractivity contribution in [3.63, 3.8) is 0 Å². The number of amides is 4. The van der Waals surface area contributed by atoms with Crippen molar-refractivity contribution < 1.29 is 19.2 Å². The monoisotopic (exact) mass is 641 g/mol. The molecule has 9 heteroatoms. The number of allylic oxidation sites excluding steroid dienone is 1. The zero-order chi connectivity index (χ0) is 34.2. The van der Waals surface area contributed by atoms with Gasteiger partial charge in [0.15, 0.2) is 0 Å². The predicted octanol–water partition coefficient (Wildman–Crippen LogP) is 5.21. The highest BCUT2D eigenvalue weighted by molar-refractivity contribution is 5.97. The summed E-state index contributed by atoms with van der Waals surface area (Å²) in [4.78, 5) is 60.3. The highest BCUT2D eigenvalue weighted by atomic mass is 16.2. The number of rotatable bonds is 12. The molecule has 4 atom stereocenters. The third kappa shape index (κ3) is 9.91. The Morgan fingerprint density at radius 3 is 2.26 bits per heavy atom. The molecule has 0 unspecified atom stereocenters. The Hall–Kier alpha value is -2.68. The van der Waals surface area contributed by atoms with Gasteiger partial charge < -0.3 is 20.4 Å². The quantitative estimate of drug-likeness (QED) is 0.225. The number of carbonyl (C=O) groups is 4. The van der Waals surface area contributed by atoms with Gasteiger partial charge in [0, 0.05) is 31.8 Å². The molecule has 4 amide bonds. The minimum absolute atomic E-state index is 0.0227. The van der Waals surface area contributed by atoms with Crippen molar-refractivity contribution in [3.05, 3.63) is 23.3 Å². The third-order valence-corrected chi connectivity index (χ3v) is 10.1. The highest BCUT2D eigenvalue weighted by Gasteiger charge is 2.40. The van der Waals surface area contributed by atoms with Crippen LogP contribution in [0.5, 0.6) is 0 Å². The van der Waals surface area contributed by atoms with E-state index in [9.17, 15) is 19.2 Å². The Balaban J connectivity index is 1.71. The molecule has 0 saturated carbocycles. The Morgan fingerprint density at radius 1 is 0.957 bits per heavy atom. The fourth-order valence-corrected chi connectivity index (χ4v) is 7.27. The van der Waals surface area contributed by atoms with Crippen LogP contribution in [-0.2, 0) is 19.2 Å². The first-order valence-electron chi connectivity index (χ1n) is 17.9. The SMILES string of the molecule is C/C(=C\[C@H](C(C)C)N(C)C(=O)[C@@H](NC(=O)[C@H]1CCCCN1C(C)C)C(C)(C)C)C(=O)N1CCC[C@H]1C(=O)NCCC1=CCCCC1. The third-order valence-electron chi connectivity index (χ3n) is 10.1. The van der Waals surface area contributed by atoms with Crippen molar-refractivity contribution in [2.24, 2.45) is 11.3 Å². The van der Waals surface area contributed by atoms with E-state index in [-0.39, 0.29) is 47.7 Å². The van der Waals surface area contributed by atoms with Gasteiger partial charge in [-0.15, -0.1) is 0 Å². The van der Waals surface area contributed by atoms with Crippen LogP contribution in [0.25, 0.3) is 0 Å². The normalized spacial score (nSPS) is 22.8. The van der Waals surface area contributed by atoms with Crippen LogP contribution in [-0.4, -0.2) is 95.2 Å². The maximum absolute atomic E-state index is 14.1. The van der Waals surface area contributed by atoms with E-state index in [1.54, 1.807) is 23.8 Å². The number of likely N-dealkylation sites (N-methyl/N-ethyl adjacent to an activating group) is 1. The van der Waals surface area contributed by atoms with Crippen LogP contribution in [0.2, 0.25) is 0 Å². The minimum atomic E-state index is -0.720. The van der Waals surface area contributed by atoms with Crippen molar-refractivity contribution >= 4 is 23.6 Å². The fraction of sp³-hybridized carbons (Fsp3) is 0.784. The van der Waals surface area contributed by atoms with E-state index < -0.39 is 17.5 Å². The lowest BCUT2D eigenvalue weighted by Crippen LogP contribution is -2.60. The molecule has 0 aromatic rings. The fourth-order valence-electron chi connectivity index (χ4n) is 7.27. The molecule has 2 saturated heterocycles. The Labute approximate surface area is 279 Å². The molecule has 1 aliphatic carbocycles. The van der Waals surface area contributed by atoms with Crippen LogP contribution >= 0.6 is 0 Å². The largest absolute Gasteiger partial charge is 0.354 e. The van der Waals surface area contributed by atoms with Crippen molar-refractivity contribution in [3.8, 4) is 0 Å². The Morgan fingerprint density at radius 2 is 1.65 bits per heavy atom. The average Bonchev–Trinajstić information content (AvgIpc) is 3.51. The molecule has 260 valence electrons. The van der Waals surface area contributed by atoms with Crippen molar-refractivity contribution in [1.29, 1.82) is 0 Å². The summed E-state index contributed by atoms with van der Waals surface area (Å²) in [6.07, 6.45) is 14.1. The maximum Gasteiger partial charge on any atom is 0.249 e. The summed E-state index contributed by atoms with van der Waals surface area (Å²) < 4.78 is 0. The summed E-state index contributed by atoms with van der Waals surface area (Å²) in [6, 6.07) is -1.55. The van der Waals surface area contributed by atoms with Gasteiger partial charge in [0.25, 0.3) is 0 Å². The number of hydrogen-bond donors (Lipinski definition) is 2. The molecular weight excluding hydrogens is 578 g/mol. The minimum Gasteiger partial charge on any atom is -0.354 e. The molecule has 2 heterocycles. The molecule has 0 bridgehead atoms. The van der Waals surface area contributed by atoms with Gasteiger partial charge >= 0.3 is 0 Å². The van der Waals surface area contributed by atoms with Crippen LogP contribution in [0.4, 0.5) is 0 Å². The molecule has 2 N–H and O–H groups in total. The van der Waals surface area contributed by atoms with Gasteiger partial charge in [-0.3, -0.25) is 24.1 Å². The number of carbonyl (C=O) groups excluding carboxylic acids is 4. The molecule has 0 aromatic carbocycles. The topological polar surface area (TPSA) is 102 Å². The van der Waals surface area contributed by atoms with Crippen molar-refractivity contribution in [2.45, 2.75) is 150 Å². The van der Waals surface area contributed by atoms with Crippen LogP contribution in [0.1, 0.15) is 120 Å². The van der Waals surface area contributed by atoms with Crippen molar-refractivity contribution in [2.75, 3.05) is 26.7 Å². The standard InChI is InChI=1S/C37H63N5O4/c1-25(2)31(40(9)36(46)32(37(6,7)8)39-34(44)30-18-13-14-22-41(30)26(3)4)24-27(5)35(45)42-23-15-19-29(42)33(43)38-21-20-28-16-11-10-12-17-28/h16,24-26,29-32H,10-15,17-23H2,1-9H3,(H,38,43)(H,39,44)/b27-24+/t29-,30+,31+,32+/m0/s1.